The summed E-state index contributed by atoms with van der Waals surface area (Å²) in [6, 6.07) is 8.51. The van der Waals surface area contributed by atoms with Crippen LogP contribution in [0.3, 0.4) is 0 Å². The van der Waals surface area contributed by atoms with Gasteiger partial charge in [0.05, 0.1) is 4.90 Å². The van der Waals surface area contributed by atoms with E-state index in [1.807, 2.05) is 0 Å². The first-order valence-electron chi connectivity index (χ1n) is 9.68. The summed E-state index contributed by atoms with van der Waals surface area (Å²) in [7, 11) is -14.8. The first kappa shape index (κ1) is 29.2. The predicted molar refractivity (Wildman–Crippen MR) is 129 cm³/mol. The molecule has 0 heterocycles. The van der Waals surface area contributed by atoms with E-state index in [1.54, 1.807) is 0 Å². The fourth-order valence-electron chi connectivity index (χ4n) is 3.64. The van der Waals surface area contributed by atoms with Gasteiger partial charge in [0.1, 0.15) is 21.2 Å². The Hall–Kier alpha value is -3.35. The molecular formula is C20H15CuN3O11S3. The monoisotopic (exact) mass is 632 g/mol. The van der Waals surface area contributed by atoms with E-state index in [4.69, 9.17) is 5.73 Å². The predicted octanol–water partition coefficient (Wildman–Crippen LogP) is 3.14. The van der Waals surface area contributed by atoms with Crippen molar-refractivity contribution in [3.63, 3.8) is 0 Å². The van der Waals surface area contributed by atoms with E-state index >= 15 is 0 Å². The molecule has 0 amide bonds. The molecule has 38 heavy (non-hydrogen) atoms. The molecule has 0 atom stereocenters. The summed E-state index contributed by atoms with van der Waals surface area (Å²) in [4.78, 5) is -2.45. The molecule has 14 nitrogen and oxygen atoms in total. The van der Waals surface area contributed by atoms with Crippen LogP contribution in [0.15, 0.2) is 73.4 Å². The van der Waals surface area contributed by atoms with Crippen molar-refractivity contribution in [2.24, 2.45) is 10.2 Å². The molecule has 4 rings (SSSR count). The van der Waals surface area contributed by atoms with E-state index < -0.39 is 73.6 Å². The quantitative estimate of drug-likeness (QED) is 0.0802. The van der Waals surface area contributed by atoms with Crippen LogP contribution in [-0.4, -0.2) is 49.1 Å². The number of anilines is 1. The number of azo groups is 1. The van der Waals surface area contributed by atoms with Crippen LogP contribution in [0, 0.1) is 0 Å². The van der Waals surface area contributed by atoms with Crippen molar-refractivity contribution in [2.45, 2.75) is 14.7 Å². The Kier molecular flexibility index (Phi) is 7.50. The minimum Gasteiger partial charge on any atom is -0.505 e. The van der Waals surface area contributed by atoms with Gasteiger partial charge < -0.3 is 15.9 Å². The van der Waals surface area contributed by atoms with Crippen LogP contribution in [0.4, 0.5) is 17.1 Å². The summed E-state index contributed by atoms with van der Waals surface area (Å²) < 4.78 is 99.4. The van der Waals surface area contributed by atoms with Gasteiger partial charge in [-0.2, -0.15) is 25.3 Å². The van der Waals surface area contributed by atoms with Gasteiger partial charge in [-0.05, 0) is 29.7 Å². The first-order chi connectivity index (χ1) is 17.0. The van der Waals surface area contributed by atoms with Crippen LogP contribution in [0.5, 0.6) is 11.5 Å². The van der Waals surface area contributed by atoms with Gasteiger partial charge in [0.25, 0.3) is 30.4 Å². The zero-order valence-corrected chi connectivity index (χ0v) is 21.7. The molecule has 205 valence electrons. The summed E-state index contributed by atoms with van der Waals surface area (Å²) in [6.07, 6.45) is 0. The van der Waals surface area contributed by atoms with Crippen LogP contribution in [0.25, 0.3) is 21.5 Å². The maximum Gasteiger partial charge on any atom is 0.296 e. The number of nitrogens with zero attached hydrogens (tertiary/aromatic N) is 2. The Labute approximate surface area is 225 Å². The second-order valence-corrected chi connectivity index (χ2v) is 11.8. The third-order valence-corrected chi connectivity index (χ3v) is 7.82. The molecule has 0 bridgehead atoms. The van der Waals surface area contributed by atoms with Crippen LogP contribution in [0.2, 0.25) is 0 Å². The number of nitrogen functional groups attached to an aromatic ring is 1. The van der Waals surface area contributed by atoms with Crippen LogP contribution >= 0.6 is 0 Å². The standard InChI is InChI=1S/C20H15N3O11S3.Cu/c21-13-7-10(35(26,27)28)5-9-6-16(37(32,33)34)18(20(25)17(9)13)23-22-14-8-15(36(29,30)31)11-3-1-2-4-12(11)19(14)24;/h1-8,24-25H,21H2,(H,26,27,28)(H,29,30,31)(H,32,33,34);. The van der Waals surface area contributed by atoms with Crippen molar-refractivity contribution in [3.8, 4) is 11.5 Å². The van der Waals surface area contributed by atoms with E-state index in [9.17, 15) is 49.1 Å². The van der Waals surface area contributed by atoms with E-state index in [0.717, 1.165) is 18.2 Å². The molecule has 18 heteroatoms. The van der Waals surface area contributed by atoms with Crippen molar-refractivity contribution in [3.05, 3.63) is 48.5 Å². The molecule has 0 fully saturated rings. The van der Waals surface area contributed by atoms with Gasteiger partial charge in [0, 0.05) is 38.9 Å². The van der Waals surface area contributed by atoms with Crippen molar-refractivity contribution < 1.29 is 66.2 Å². The molecule has 0 aliphatic heterocycles. The van der Waals surface area contributed by atoms with E-state index in [0.29, 0.717) is 6.07 Å². The Morgan fingerprint density at radius 2 is 1.26 bits per heavy atom. The van der Waals surface area contributed by atoms with Gasteiger partial charge in [-0.15, -0.1) is 10.2 Å². The molecule has 1 radical (unpaired) electrons. The number of nitrogens with two attached hydrogens (primary N) is 1. The largest absolute Gasteiger partial charge is 0.505 e. The van der Waals surface area contributed by atoms with Crippen LogP contribution in [0.1, 0.15) is 0 Å². The smallest absolute Gasteiger partial charge is 0.296 e. The maximum atomic E-state index is 12.0. The molecule has 0 aliphatic carbocycles. The summed E-state index contributed by atoms with van der Waals surface area (Å²) in [5.74, 6) is -1.60. The summed E-state index contributed by atoms with van der Waals surface area (Å²) in [5, 5.41) is 27.7. The van der Waals surface area contributed by atoms with Gasteiger partial charge in [-0.1, -0.05) is 24.3 Å². The third kappa shape index (κ3) is 5.29. The first-order valence-corrected chi connectivity index (χ1v) is 14.0. The fourth-order valence-corrected chi connectivity index (χ4v) is 5.57. The van der Waals surface area contributed by atoms with Crippen molar-refractivity contribution in [1.29, 1.82) is 0 Å². The van der Waals surface area contributed by atoms with Crippen molar-refractivity contribution in [2.75, 3.05) is 5.73 Å². The second-order valence-electron chi connectivity index (χ2n) is 7.60. The molecule has 0 aromatic heterocycles. The molecular weight excluding hydrogens is 618 g/mol. The van der Waals surface area contributed by atoms with Crippen molar-refractivity contribution in [1.82, 2.24) is 0 Å². The average molecular weight is 633 g/mol. The maximum absolute atomic E-state index is 12.0. The molecule has 0 unspecified atom stereocenters. The fraction of sp³-hybridized carbons (Fsp3) is 0. The molecule has 0 aliphatic rings. The van der Waals surface area contributed by atoms with Gasteiger partial charge in [0.15, 0.2) is 11.5 Å². The van der Waals surface area contributed by atoms with Crippen LogP contribution in [-0.2, 0) is 47.4 Å². The second kappa shape index (κ2) is 9.75. The number of rotatable bonds is 5. The number of benzene rings is 4. The average Bonchev–Trinajstić information content (AvgIpc) is 2.77. The Balaban J connectivity index is 0.00000400. The molecule has 0 spiro atoms. The molecule has 7 N–H and O–H groups in total. The Morgan fingerprint density at radius 3 is 1.82 bits per heavy atom. The molecule has 4 aromatic rings. The number of phenolic OH excluding ortho intramolecular Hbond substituents is 2. The zero-order valence-electron chi connectivity index (χ0n) is 18.3. The molecule has 4 aromatic carbocycles. The zero-order chi connectivity index (χ0) is 27.5. The van der Waals surface area contributed by atoms with E-state index in [2.05, 4.69) is 10.2 Å². The molecule has 0 saturated heterocycles. The minimum atomic E-state index is -5.15. The van der Waals surface area contributed by atoms with Gasteiger partial charge >= 0.3 is 0 Å². The SMILES string of the molecule is Nc1cc(S(=O)(=O)O)cc2cc(S(=O)(=O)O)c(N=Nc3cc(S(=O)(=O)O)c4ccccc4c3O)c(O)c12.[Cu]. The number of aromatic hydroxyl groups is 2. The summed E-state index contributed by atoms with van der Waals surface area (Å²) in [6.45, 7) is 0. The van der Waals surface area contributed by atoms with Gasteiger partial charge in [0.2, 0.25) is 0 Å². The normalized spacial score (nSPS) is 12.7. The summed E-state index contributed by atoms with van der Waals surface area (Å²) in [5.41, 5.74) is 3.89. The van der Waals surface area contributed by atoms with Crippen LogP contribution < -0.4 is 5.73 Å². The number of hydrogen-bond donors (Lipinski definition) is 6. The van der Waals surface area contributed by atoms with E-state index in [-0.39, 0.29) is 38.6 Å². The van der Waals surface area contributed by atoms with Gasteiger partial charge in [-0.3, -0.25) is 13.7 Å². The summed E-state index contributed by atoms with van der Waals surface area (Å²) >= 11 is 0. The topological polar surface area (TPSA) is 254 Å². The third-order valence-electron chi connectivity index (χ3n) is 5.22. The van der Waals surface area contributed by atoms with Crippen molar-refractivity contribution >= 4 is 69.0 Å². The van der Waals surface area contributed by atoms with Gasteiger partial charge in [-0.25, -0.2) is 0 Å². The number of hydrogen-bond acceptors (Lipinski definition) is 11. The molecule has 0 saturated carbocycles. The Bertz CT molecular complexity index is 1990. The van der Waals surface area contributed by atoms with E-state index in [1.165, 1.54) is 24.3 Å². The Morgan fingerprint density at radius 1 is 0.684 bits per heavy atom. The number of phenols is 2. The minimum absolute atomic E-state index is 0. The number of fused-ring (bicyclic) bond motifs is 2.